The second kappa shape index (κ2) is 6.31. The van der Waals surface area contributed by atoms with Crippen LogP contribution < -0.4 is 5.73 Å². The third-order valence-corrected chi connectivity index (χ3v) is 2.81. The van der Waals surface area contributed by atoms with Crippen LogP contribution in [0.3, 0.4) is 0 Å². The molecule has 1 nitrogen and oxygen atoms in total. The summed E-state index contributed by atoms with van der Waals surface area (Å²) >= 11 is 3.53. The molecule has 0 heterocycles. The van der Waals surface area contributed by atoms with E-state index in [0.717, 1.165) is 22.0 Å². The average Bonchev–Trinajstić information content (AvgIpc) is 2.01. The summed E-state index contributed by atoms with van der Waals surface area (Å²) in [5, 5.41) is 0. The van der Waals surface area contributed by atoms with Gasteiger partial charge in [-0.3, -0.25) is 0 Å². The molecule has 0 unspecified atom stereocenters. The maximum absolute atomic E-state index is 6.06. The average molecular weight is 291 g/mol. The molecule has 1 aromatic rings. The lowest BCUT2D eigenvalue weighted by atomic mass is 10.0. The molecule has 0 fully saturated rings. The highest BCUT2D eigenvalue weighted by atomic mass is 79.9. The Hall–Kier alpha value is -0.310. The van der Waals surface area contributed by atoms with Crippen molar-refractivity contribution in [3.05, 3.63) is 46.0 Å². The summed E-state index contributed by atoms with van der Waals surface area (Å²) in [7, 11) is 0. The van der Waals surface area contributed by atoms with E-state index in [4.69, 9.17) is 5.73 Å². The molecule has 0 spiro atoms. The van der Waals surface area contributed by atoms with Crippen LogP contribution in [-0.4, -0.2) is 0 Å². The van der Waals surface area contributed by atoms with E-state index in [-0.39, 0.29) is 18.4 Å². The fourth-order valence-corrected chi connectivity index (χ4v) is 2.21. The van der Waals surface area contributed by atoms with Crippen molar-refractivity contribution in [2.24, 2.45) is 5.73 Å². The minimum absolute atomic E-state index is 0. The van der Waals surface area contributed by atoms with Crippen molar-refractivity contribution in [3.63, 3.8) is 0 Å². The molecule has 0 saturated carbocycles. The topological polar surface area (TPSA) is 26.0 Å². The molecule has 3 heteroatoms. The zero-order valence-electron chi connectivity index (χ0n) is 9.09. The van der Waals surface area contributed by atoms with Crippen LogP contribution in [0.5, 0.6) is 0 Å². The zero-order valence-corrected chi connectivity index (χ0v) is 11.5. The summed E-state index contributed by atoms with van der Waals surface area (Å²) in [6.45, 7) is 7.94. The molecule has 0 aliphatic heterocycles. The molecule has 0 aromatic heterocycles. The van der Waals surface area contributed by atoms with Crippen molar-refractivity contribution in [2.45, 2.75) is 26.3 Å². The molecule has 0 radical (unpaired) electrons. The summed E-state index contributed by atoms with van der Waals surface area (Å²) in [5.74, 6) is 0. The Labute approximate surface area is 106 Å². The van der Waals surface area contributed by atoms with Crippen LogP contribution in [0.15, 0.2) is 34.8 Å². The van der Waals surface area contributed by atoms with Crippen molar-refractivity contribution in [1.82, 2.24) is 0 Å². The van der Waals surface area contributed by atoms with Gasteiger partial charge in [0.25, 0.3) is 0 Å². The molecule has 1 aromatic carbocycles. The minimum atomic E-state index is 0. The van der Waals surface area contributed by atoms with Crippen LogP contribution >= 0.6 is 28.3 Å². The van der Waals surface area contributed by atoms with Crippen molar-refractivity contribution >= 4 is 28.3 Å². The molecule has 0 aliphatic rings. The van der Waals surface area contributed by atoms with Crippen molar-refractivity contribution in [1.29, 1.82) is 0 Å². The van der Waals surface area contributed by atoms with Gasteiger partial charge in [0.15, 0.2) is 0 Å². The fourth-order valence-electron chi connectivity index (χ4n) is 1.42. The molecular formula is C12H17BrClN. The smallest absolute Gasteiger partial charge is 0.0343 e. The monoisotopic (exact) mass is 289 g/mol. The van der Waals surface area contributed by atoms with Gasteiger partial charge in [0.1, 0.15) is 0 Å². The second-order valence-corrected chi connectivity index (χ2v) is 4.65. The van der Waals surface area contributed by atoms with E-state index < -0.39 is 0 Å². The van der Waals surface area contributed by atoms with Gasteiger partial charge in [0, 0.05) is 10.5 Å². The Balaban J connectivity index is 0.00000196. The first kappa shape index (κ1) is 14.7. The molecule has 0 aliphatic carbocycles. The predicted octanol–water partition coefficient (Wildman–Crippen LogP) is 4.15. The highest BCUT2D eigenvalue weighted by molar-refractivity contribution is 9.10. The molecule has 15 heavy (non-hydrogen) atoms. The van der Waals surface area contributed by atoms with Crippen molar-refractivity contribution in [3.8, 4) is 0 Å². The molecule has 1 rings (SSSR count). The second-order valence-electron chi connectivity index (χ2n) is 3.79. The SMILES string of the molecule is C=C(C)C[C@H](N)c1ccc(C)cc1Br.Cl. The number of nitrogens with two attached hydrogens (primary N) is 1. The first-order valence-corrected chi connectivity index (χ1v) is 5.46. The standard InChI is InChI=1S/C12H16BrN.ClH/c1-8(2)6-12(14)10-5-4-9(3)7-11(10)13;/h4-5,7,12H,1,6,14H2,2-3H3;1H/t12-;/m0./s1. The summed E-state index contributed by atoms with van der Waals surface area (Å²) in [6, 6.07) is 6.29. The van der Waals surface area contributed by atoms with Crippen LogP contribution in [0.4, 0.5) is 0 Å². The Morgan fingerprint density at radius 2 is 2.13 bits per heavy atom. The van der Waals surface area contributed by atoms with Crippen LogP contribution in [0.1, 0.15) is 30.5 Å². The molecule has 0 amide bonds. The quantitative estimate of drug-likeness (QED) is 0.832. The largest absolute Gasteiger partial charge is 0.324 e. The lowest BCUT2D eigenvalue weighted by Crippen LogP contribution is -2.11. The first-order valence-electron chi connectivity index (χ1n) is 4.66. The molecule has 0 bridgehead atoms. The van der Waals surface area contributed by atoms with E-state index >= 15 is 0 Å². The van der Waals surface area contributed by atoms with E-state index in [1.807, 2.05) is 6.92 Å². The van der Waals surface area contributed by atoms with Crippen molar-refractivity contribution < 1.29 is 0 Å². The van der Waals surface area contributed by atoms with Gasteiger partial charge in [0.2, 0.25) is 0 Å². The number of hydrogen-bond acceptors (Lipinski definition) is 1. The highest BCUT2D eigenvalue weighted by Crippen LogP contribution is 2.26. The van der Waals surface area contributed by atoms with Gasteiger partial charge in [-0.05, 0) is 37.5 Å². The Kier molecular flexibility index (Phi) is 6.18. The van der Waals surface area contributed by atoms with Crippen LogP contribution in [0.25, 0.3) is 0 Å². The molecule has 0 saturated heterocycles. The van der Waals surface area contributed by atoms with Gasteiger partial charge in [-0.2, -0.15) is 0 Å². The number of benzene rings is 1. The van der Waals surface area contributed by atoms with E-state index in [9.17, 15) is 0 Å². The highest BCUT2D eigenvalue weighted by Gasteiger charge is 2.09. The summed E-state index contributed by atoms with van der Waals surface area (Å²) < 4.78 is 1.09. The summed E-state index contributed by atoms with van der Waals surface area (Å²) in [4.78, 5) is 0. The molecule has 2 N–H and O–H groups in total. The number of aryl methyl sites for hydroxylation is 1. The fraction of sp³-hybridized carbons (Fsp3) is 0.333. The van der Waals surface area contributed by atoms with Gasteiger partial charge in [-0.1, -0.05) is 33.6 Å². The van der Waals surface area contributed by atoms with Gasteiger partial charge < -0.3 is 5.73 Å². The number of hydrogen-bond donors (Lipinski definition) is 1. The maximum atomic E-state index is 6.06. The Bertz CT molecular complexity index is 349. The van der Waals surface area contributed by atoms with E-state index in [0.29, 0.717) is 0 Å². The van der Waals surface area contributed by atoms with Gasteiger partial charge >= 0.3 is 0 Å². The van der Waals surface area contributed by atoms with Gasteiger partial charge in [-0.15, -0.1) is 19.0 Å². The molecule has 84 valence electrons. The summed E-state index contributed by atoms with van der Waals surface area (Å²) in [5.41, 5.74) is 9.56. The number of rotatable bonds is 3. The lowest BCUT2D eigenvalue weighted by Gasteiger charge is -2.14. The number of halogens is 2. The lowest BCUT2D eigenvalue weighted by molar-refractivity contribution is 0.713. The Morgan fingerprint density at radius 1 is 1.53 bits per heavy atom. The molecule has 1 atom stereocenters. The van der Waals surface area contributed by atoms with Crippen molar-refractivity contribution in [2.75, 3.05) is 0 Å². The third kappa shape index (κ3) is 4.37. The normalized spacial score (nSPS) is 11.7. The molecular weight excluding hydrogens is 273 g/mol. The van der Waals surface area contributed by atoms with E-state index in [2.05, 4.69) is 47.6 Å². The first-order chi connectivity index (χ1) is 6.50. The van der Waals surface area contributed by atoms with E-state index in [1.165, 1.54) is 5.56 Å². The third-order valence-electron chi connectivity index (χ3n) is 2.12. The van der Waals surface area contributed by atoms with Crippen LogP contribution in [0, 0.1) is 6.92 Å². The van der Waals surface area contributed by atoms with Crippen LogP contribution in [-0.2, 0) is 0 Å². The zero-order chi connectivity index (χ0) is 10.7. The maximum Gasteiger partial charge on any atom is 0.0343 e. The predicted molar refractivity (Wildman–Crippen MR) is 72.5 cm³/mol. The van der Waals surface area contributed by atoms with Crippen LogP contribution in [0.2, 0.25) is 0 Å². The minimum Gasteiger partial charge on any atom is -0.324 e. The van der Waals surface area contributed by atoms with E-state index in [1.54, 1.807) is 0 Å². The summed E-state index contributed by atoms with van der Waals surface area (Å²) in [6.07, 6.45) is 0.835. The van der Waals surface area contributed by atoms with Gasteiger partial charge in [0.05, 0.1) is 0 Å². The Morgan fingerprint density at radius 3 is 2.60 bits per heavy atom. The van der Waals surface area contributed by atoms with Gasteiger partial charge in [-0.25, -0.2) is 0 Å².